The summed E-state index contributed by atoms with van der Waals surface area (Å²) in [6.07, 6.45) is 3.31. The van der Waals surface area contributed by atoms with Crippen LogP contribution in [0.15, 0.2) is 37.1 Å². The summed E-state index contributed by atoms with van der Waals surface area (Å²) in [4.78, 5) is 21.3. The van der Waals surface area contributed by atoms with Crippen molar-refractivity contribution in [3.63, 3.8) is 0 Å². The number of fused-ring (bicyclic) bond motifs is 1. The standard InChI is InChI=1S/C27H29Cl2N3O5/c1-6-17(33)7-16-12-36-13-20(16)31-23-9-18-15(11-30-23)8-19(32-27(18)37-14(2)3)24-25(28)21(34-4)10-22(35-5)26(24)29/h6,8-11,14,16,20H,1,7,12-13H2,2-5H3,(H,30,31)/t16-,20+/m0/s1. The number of methoxy groups -OCH3 is 2. The molecular weight excluding hydrogens is 517 g/mol. The van der Waals surface area contributed by atoms with Crippen LogP contribution in [0.2, 0.25) is 10.0 Å². The Morgan fingerprint density at radius 2 is 1.89 bits per heavy atom. The molecule has 8 nitrogen and oxygen atoms in total. The quantitative estimate of drug-likeness (QED) is 0.311. The van der Waals surface area contributed by atoms with Gasteiger partial charge in [-0.25, -0.2) is 9.97 Å². The van der Waals surface area contributed by atoms with Crippen LogP contribution in [-0.2, 0) is 9.53 Å². The number of ether oxygens (including phenoxy) is 4. The molecule has 4 rings (SSSR count). The number of ketones is 1. The zero-order valence-electron chi connectivity index (χ0n) is 21.1. The summed E-state index contributed by atoms with van der Waals surface area (Å²) in [6, 6.07) is 5.29. The Morgan fingerprint density at radius 3 is 2.51 bits per heavy atom. The maximum atomic E-state index is 11.9. The first kappa shape index (κ1) is 27.0. The lowest BCUT2D eigenvalue weighted by Gasteiger charge is -2.20. The lowest BCUT2D eigenvalue weighted by atomic mass is 9.97. The van der Waals surface area contributed by atoms with E-state index in [9.17, 15) is 4.79 Å². The van der Waals surface area contributed by atoms with E-state index >= 15 is 0 Å². The molecule has 1 saturated heterocycles. The van der Waals surface area contributed by atoms with Gasteiger partial charge in [-0.3, -0.25) is 4.79 Å². The first-order chi connectivity index (χ1) is 17.7. The predicted octanol–water partition coefficient (Wildman–Crippen LogP) is 5.98. The van der Waals surface area contributed by atoms with Crippen LogP contribution in [0.25, 0.3) is 22.0 Å². The van der Waals surface area contributed by atoms with E-state index in [1.165, 1.54) is 20.3 Å². The molecule has 0 aliphatic carbocycles. The van der Waals surface area contributed by atoms with E-state index in [0.29, 0.717) is 64.1 Å². The topological polar surface area (TPSA) is 91.8 Å². The van der Waals surface area contributed by atoms with E-state index in [0.717, 1.165) is 10.8 Å². The number of rotatable bonds is 10. The molecule has 0 amide bonds. The number of hydrogen-bond donors (Lipinski definition) is 1. The first-order valence-corrected chi connectivity index (χ1v) is 12.6. The van der Waals surface area contributed by atoms with E-state index < -0.39 is 0 Å². The molecule has 0 radical (unpaired) electrons. The number of allylic oxidation sites excluding steroid dienone is 1. The third-order valence-corrected chi connectivity index (χ3v) is 6.83. The van der Waals surface area contributed by atoms with Crippen LogP contribution in [0.1, 0.15) is 20.3 Å². The van der Waals surface area contributed by atoms with E-state index in [2.05, 4.69) is 16.9 Å². The Kier molecular flexibility index (Phi) is 8.42. The predicted molar refractivity (Wildman–Crippen MR) is 145 cm³/mol. The number of halogens is 2. The van der Waals surface area contributed by atoms with Crippen LogP contribution in [0.4, 0.5) is 5.82 Å². The van der Waals surface area contributed by atoms with E-state index in [1.54, 1.807) is 12.3 Å². The molecule has 1 aliphatic rings. The van der Waals surface area contributed by atoms with Gasteiger partial charge in [0.15, 0.2) is 5.78 Å². The van der Waals surface area contributed by atoms with Crippen molar-refractivity contribution in [2.75, 3.05) is 32.8 Å². The van der Waals surface area contributed by atoms with Gasteiger partial charge in [-0.15, -0.1) is 0 Å². The lowest BCUT2D eigenvalue weighted by Crippen LogP contribution is -2.29. The van der Waals surface area contributed by atoms with Crippen LogP contribution in [0.3, 0.4) is 0 Å². The minimum absolute atomic E-state index is 0.00962. The Hall–Kier alpha value is -3.07. The van der Waals surface area contributed by atoms with Crippen molar-refractivity contribution in [1.29, 1.82) is 0 Å². The largest absolute Gasteiger partial charge is 0.495 e. The maximum absolute atomic E-state index is 11.9. The summed E-state index contributed by atoms with van der Waals surface area (Å²) in [6.45, 7) is 8.39. The molecule has 1 N–H and O–H groups in total. The molecule has 0 spiro atoms. The van der Waals surface area contributed by atoms with Crippen molar-refractivity contribution < 1.29 is 23.7 Å². The summed E-state index contributed by atoms with van der Waals surface area (Å²) in [5.41, 5.74) is 0.958. The number of hydrogen-bond acceptors (Lipinski definition) is 8. The number of benzene rings is 1. The number of carbonyl (C=O) groups is 1. The Bertz CT molecular complexity index is 1300. The number of aromatic nitrogens is 2. The van der Waals surface area contributed by atoms with Gasteiger partial charge in [0.1, 0.15) is 17.3 Å². The van der Waals surface area contributed by atoms with E-state index in [4.69, 9.17) is 47.1 Å². The van der Waals surface area contributed by atoms with Gasteiger partial charge in [0.05, 0.1) is 55.3 Å². The molecule has 1 fully saturated rings. The average molecular weight is 546 g/mol. The van der Waals surface area contributed by atoms with Crippen molar-refractivity contribution in [3.8, 4) is 28.6 Å². The third kappa shape index (κ3) is 5.76. The number of carbonyl (C=O) groups excluding carboxylic acids is 1. The van der Waals surface area contributed by atoms with Gasteiger partial charge < -0.3 is 24.3 Å². The van der Waals surface area contributed by atoms with Gasteiger partial charge in [-0.2, -0.15) is 0 Å². The van der Waals surface area contributed by atoms with Crippen LogP contribution in [0, 0.1) is 5.92 Å². The van der Waals surface area contributed by atoms with Gasteiger partial charge in [0.25, 0.3) is 0 Å². The summed E-state index contributed by atoms with van der Waals surface area (Å²) >= 11 is 13.3. The number of pyridine rings is 2. The highest BCUT2D eigenvalue weighted by atomic mass is 35.5. The molecule has 37 heavy (non-hydrogen) atoms. The molecule has 2 aromatic heterocycles. The Morgan fingerprint density at radius 1 is 1.19 bits per heavy atom. The number of anilines is 1. The second-order valence-corrected chi connectivity index (χ2v) is 9.73. The number of nitrogens with zero attached hydrogens (tertiary/aromatic N) is 2. The minimum atomic E-state index is -0.140. The van der Waals surface area contributed by atoms with Crippen molar-refractivity contribution >= 4 is 45.6 Å². The highest BCUT2D eigenvalue weighted by Crippen LogP contribution is 2.46. The van der Waals surface area contributed by atoms with E-state index in [-0.39, 0.29) is 23.8 Å². The zero-order valence-corrected chi connectivity index (χ0v) is 22.7. The van der Waals surface area contributed by atoms with Crippen LogP contribution < -0.4 is 19.5 Å². The SMILES string of the molecule is C=CC(=O)C[C@H]1COC[C@H]1Nc1cc2c(OC(C)C)nc(-c3c(Cl)c(OC)cc(OC)c3Cl)cc2cn1. The molecule has 1 aliphatic heterocycles. The van der Waals surface area contributed by atoms with Crippen molar-refractivity contribution in [2.45, 2.75) is 32.4 Å². The molecular formula is C27H29Cl2N3O5. The maximum Gasteiger partial charge on any atom is 0.222 e. The molecule has 2 atom stereocenters. The fourth-order valence-electron chi connectivity index (χ4n) is 4.24. The summed E-state index contributed by atoms with van der Waals surface area (Å²) in [7, 11) is 3.04. The van der Waals surface area contributed by atoms with Crippen LogP contribution in [0.5, 0.6) is 17.4 Å². The fraction of sp³-hybridized carbons (Fsp3) is 0.370. The van der Waals surface area contributed by atoms with Crippen LogP contribution >= 0.6 is 23.2 Å². The second kappa shape index (κ2) is 11.5. The summed E-state index contributed by atoms with van der Waals surface area (Å²) in [5.74, 6) is 1.87. The van der Waals surface area contributed by atoms with Gasteiger partial charge >= 0.3 is 0 Å². The smallest absolute Gasteiger partial charge is 0.222 e. The monoisotopic (exact) mass is 545 g/mol. The Balaban J connectivity index is 1.77. The Labute approximate surface area is 225 Å². The average Bonchev–Trinajstić information content (AvgIpc) is 3.30. The van der Waals surface area contributed by atoms with Gasteiger partial charge in [0.2, 0.25) is 5.88 Å². The summed E-state index contributed by atoms with van der Waals surface area (Å²) < 4.78 is 22.6. The van der Waals surface area contributed by atoms with Crippen molar-refractivity contribution in [2.24, 2.45) is 5.92 Å². The third-order valence-electron chi connectivity index (χ3n) is 6.08. The number of nitrogens with one attached hydrogen (secondary N) is 1. The molecule has 3 aromatic rings. The fourth-order valence-corrected chi connectivity index (χ4v) is 4.93. The molecule has 10 heteroatoms. The van der Waals surface area contributed by atoms with Gasteiger partial charge in [0, 0.05) is 40.9 Å². The normalized spacial score (nSPS) is 17.2. The molecule has 0 saturated carbocycles. The van der Waals surface area contributed by atoms with Crippen molar-refractivity contribution in [3.05, 3.63) is 47.1 Å². The summed E-state index contributed by atoms with van der Waals surface area (Å²) in [5, 5.41) is 5.56. The van der Waals surface area contributed by atoms with Gasteiger partial charge in [-0.1, -0.05) is 29.8 Å². The van der Waals surface area contributed by atoms with Crippen LogP contribution in [-0.4, -0.2) is 55.3 Å². The lowest BCUT2D eigenvalue weighted by molar-refractivity contribution is -0.115. The first-order valence-electron chi connectivity index (χ1n) is 11.8. The molecule has 0 unspecified atom stereocenters. The molecule has 1 aromatic carbocycles. The van der Waals surface area contributed by atoms with E-state index in [1.807, 2.05) is 26.0 Å². The highest BCUT2D eigenvalue weighted by molar-refractivity contribution is 6.41. The van der Waals surface area contributed by atoms with Crippen molar-refractivity contribution in [1.82, 2.24) is 9.97 Å². The van der Waals surface area contributed by atoms with Gasteiger partial charge in [-0.05, 0) is 32.1 Å². The molecule has 3 heterocycles. The highest BCUT2D eigenvalue weighted by Gasteiger charge is 2.30. The zero-order chi connectivity index (χ0) is 26.7. The minimum Gasteiger partial charge on any atom is -0.495 e. The second-order valence-electron chi connectivity index (χ2n) is 8.98. The molecule has 0 bridgehead atoms. The molecule has 196 valence electrons.